The van der Waals surface area contributed by atoms with Crippen molar-refractivity contribution in [2.24, 2.45) is 11.8 Å². The fourth-order valence-corrected chi connectivity index (χ4v) is 3.17. The van der Waals surface area contributed by atoms with Crippen molar-refractivity contribution < 1.29 is 4.79 Å². The quantitative estimate of drug-likeness (QED) is 0.875. The Balaban J connectivity index is 1.53. The summed E-state index contributed by atoms with van der Waals surface area (Å²) in [5.74, 6) is 1.52. The van der Waals surface area contributed by atoms with Crippen LogP contribution in [-0.4, -0.2) is 27.8 Å². The number of amides is 1. The maximum absolute atomic E-state index is 11.8. The summed E-state index contributed by atoms with van der Waals surface area (Å²) in [5.41, 5.74) is 1.03. The first-order valence-electron chi connectivity index (χ1n) is 8.20. The van der Waals surface area contributed by atoms with Gasteiger partial charge in [-0.3, -0.25) is 9.48 Å². The number of carbonyl (C=O) groups excluding carboxylic acids is 1. The highest BCUT2D eigenvalue weighted by Crippen LogP contribution is 2.31. The van der Waals surface area contributed by atoms with Crippen LogP contribution in [-0.2, 0) is 11.3 Å². The topological polar surface area (TPSA) is 59.0 Å². The zero-order valence-electron chi connectivity index (χ0n) is 13.0. The normalized spacial score (nSPS) is 29.1. The number of carbonyl (C=O) groups is 1. The number of aromatic nitrogens is 2. The fraction of sp³-hybridized carbons (Fsp3) is 0.750. The Kier molecular flexibility index (Phi) is 4.17. The zero-order valence-corrected chi connectivity index (χ0v) is 13.0. The number of hydrogen-bond acceptors (Lipinski definition) is 3. The minimum absolute atomic E-state index is 0.0619. The van der Waals surface area contributed by atoms with E-state index in [-0.39, 0.29) is 5.91 Å². The summed E-state index contributed by atoms with van der Waals surface area (Å²) in [6.45, 7) is 4.98. The smallest absolute Gasteiger partial charge is 0.241 e. The molecule has 2 aliphatic carbocycles. The highest BCUT2D eigenvalue weighted by Gasteiger charge is 2.27. The lowest BCUT2D eigenvalue weighted by molar-refractivity contribution is -0.122. The van der Waals surface area contributed by atoms with Gasteiger partial charge in [0.25, 0.3) is 0 Å². The van der Waals surface area contributed by atoms with Crippen molar-refractivity contribution in [1.82, 2.24) is 15.1 Å². The van der Waals surface area contributed by atoms with E-state index in [9.17, 15) is 4.79 Å². The molecule has 0 spiro atoms. The third-order valence-electron chi connectivity index (χ3n) is 4.94. The molecule has 3 atom stereocenters. The number of nitrogens with zero attached hydrogens (tertiary/aromatic N) is 2. The van der Waals surface area contributed by atoms with E-state index in [1.165, 1.54) is 19.3 Å². The maximum Gasteiger partial charge on any atom is 0.241 e. The van der Waals surface area contributed by atoms with Crippen molar-refractivity contribution in [1.29, 1.82) is 0 Å². The summed E-state index contributed by atoms with van der Waals surface area (Å²) in [6, 6.07) is 0.932. The van der Waals surface area contributed by atoms with Gasteiger partial charge in [-0.2, -0.15) is 5.10 Å². The molecule has 2 N–H and O–H groups in total. The van der Waals surface area contributed by atoms with E-state index in [1.54, 1.807) is 4.68 Å². The van der Waals surface area contributed by atoms with Crippen LogP contribution in [0.1, 0.15) is 46.0 Å². The Bertz CT molecular complexity index is 494. The second-order valence-corrected chi connectivity index (χ2v) is 6.79. The van der Waals surface area contributed by atoms with Crippen LogP contribution in [0.2, 0.25) is 0 Å². The molecule has 3 rings (SSSR count). The number of hydrogen-bond donors (Lipinski definition) is 2. The van der Waals surface area contributed by atoms with Gasteiger partial charge in [-0.25, -0.2) is 0 Å². The Hall–Kier alpha value is -1.52. The van der Waals surface area contributed by atoms with Gasteiger partial charge in [-0.1, -0.05) is 26.7 Å². The van der Waals surface area contributed by atoms with Gasteiger partial charge < -0.3 is 10.6 Å². The van der Waals surface area contributed by atoms with Crippen molar-refractivity contribution in [3.8, 4) is 0 Å². The first kappa shape index (κ1) is 14.4. The molecule has 2 fully saturated rings. The SMILES string of the molecule is CC1CCCC(Nc2cnn(CC(=O)NC3CC3)c2)C1C. The third kappa shape index (κ3) is 3.77. The molecular weight excluding hydrogens is 264 g/mol. The maximum atomic E-state index is 11.8. The van der Waals surface area contributed by atoms with Crippen molar-refractivity contribution in [2.75, 3.05) is 5.32 Å². The summed E-state index contributed by atoms with van der Waals surface area (Å²) >= 11 is 0. The largest absolute Gasteiger partial charge is 0.379 e. The Morgan fingerprint density at radius 3 is 2.90 bits per heavy atom. The number of nitrogens with one attached hydrogen (secondary N) is 2. The molecule has 0 aromatic carbocycles. The highest BCUT2D eigenvalue weighted by atomic mass is 16.2. The molecule has 0 aliphatic heterocycles. The van der Waals surface area contributed by atoms with Gasteiger partial charge in [-0.05, 0) is 31.1 Å². The van der Waals surface area contributed by atoms with Crippen LogP contribution < -0.4 is 10.6 Å². The minimum Gasteiger partial charge on any atom is -0.379 e. The Labute approximate surface area is 126 Å². The van der Waals surface area contributed by atoms with Gasteiger partial charge in [0, 0.05) is 18.3 Å². The van der Waals surface area contributed by atoms with Gasteiger partial charge in [0.2, 0.25) is 5.91 Å². The average molecular weight is 290 g/mol. The molecule has 5 heteroatoms. The van der Waals surface area contributed by atoms with E-state index in [4.69, 9.17) is 0 Å². The number of anilines is 1. The van der Waals surface area contributed by atoms with Gasteiger partial charge in [0.1, 0.15) is 6.54 Å². The minimum atomic E-state index is 0.0619. The fourth-order valence-electron chi connectivity index (χ4n) is 3.17. The lowest BCUT2D eigenvalue weighted by Crippen LogP contribution is -2.34. The van der Waals surface area contributed by atoms with Gasteiger partial charge in [0.05, 0.1) is 11.9 Å². The third-order valence-corrected chi connectivity index (χ3v) is 4.94. The van der Waals surface area contributed by atoms with E-state index in [0.29, 0.717) is 24.5 Å². The van der Waals surface area contributed by atoms with E-state index in [1.807, 2.05) is 12.4 Å². The first-order valence-corrected chi connectivity index (χ1v) is 8.20. The highest BCUT2D eigenvalue weighted by molar-refractivity contribution is 5.76. The van der Waals surface area contributed by atoms with Crippen LogP contribution in [0.25, 0.3) is 0 Å². The second-order valence-electron chi connectivity index (χ2n) is 6.79. The van der Waals surface area contributed by atoms with E-state index >= 15 is 0 Å². The van der Waals surface area contributed by atoms with Crippen LogP contribution in [0, 0.1) is 11.8 Å². The molecule has 0 bridgehead atoms. The average Bonchev–Trinajstić information content (AvgIpc) is 3.14. The molecule has 0 radical (unpaired) electrons. The first-order chi connectivity index (χ1) is 10.1. The van der Waals surface area contributed by atoms with Gasteiger partial charge >= 0.3 is 0 Å². The molecule has 116 valence electrons. The summed E-state index contributed by atoms with van der Waals surface area (Å²) in [7, 11) is 0. The van der Waals surface area contributed by atoms with E-state index in [2.05, 4.69) is 29.6 Å². The molecule has 21 heavy (non-hydrogen) atoms. The molecule has 1 aromatic rings. The van der Waals surface area contributed by atoms with Crippen molar-refractivity contribution >= 4 is 11.6 Å². The lowest BCUT2D eigenvalue weighted by Gasteiger charge is -2.34. The Morgan fingerprint density at radius 1 is 1.33 bits per heavy atom. The summed E-state index contributed by atoms with van der Waals surface area (Å²) < 4.78 is 1.72. The standard InChI is InChI=1S/C16H26N4O/c1-11-4-3-5-15(12(11)2)18-14-8-17-20(9-14)10-16(21)19-13-6-7-13/h8-9,11-13,15,18H,3-7,10H2,1-2H3,(H,19,21). The zero-order chi connectivity index (χ0) is 14.8. The summed E-state index contributed by atoms with van der Waals surface area (Å²) in [5, 5.41) is 10.9. The second kappa shape index (κ2) is 6.08. The molecule has 2 saturated carbocycles. The molecule has 3 unspecified atom stereocenters. The van der Waals surface area contributed by atoms with Gasteiger partial charge in [0.15, 0.2) is 0 Å². The summed E-state index contributed by atoms with van der Waals surface area (Å²) in [4.78, 5) is 11.8. The predicted octanol–water partition coefficient (Wildman–Crippen LogP) is 2.40. The molecule has 1 aromatic heterocycles. The van der Waals surface area contributed by atoms with Crippen molar-refractivity contribution in [2.45, 2.75) is 64.6 Å². The van der Waals surface area contributed by atoms with Gasteiger partial charge in [-0.15, -0.1) is 0 Å². The van der Waals surface area contributed by atoms with Crippen molar-refractivity contribution in [3.05, 3.63) is 12.4 Å². The van der Waals surface area contributed by atoms with Crippen LogP contribution >= 0.6 is 0 Å². The molecule has 1 heterocycles. The van der Waals surface area contributed by atoms with Crippen LogP contribution in [0.15, 0.2) is 12.4 Å². The molecule has 1 amide bonds. The Morgan fingerprint density at radius 2 is 2.14 bits per heavy atom. The molecule has 0 saturated heterocycles. The number of rotatable bonds is 5. The van der Waals surface area contributed by atoms with Crippen LogP contribution in [0.3, 0.4) is 0 Å². The van der Waals surface area contributed by atoms with Crippen LogP contribution in [0.4, 0.5) is 5.69 Å². The molecule has 5 nitrogen and oxygen atoms in total. The molecular formula is C16H26N4O. The van der Waals surface area contributed by atoms with E-state index in [0.717, 1.165) is 24.4 Å². The predicted molar refractivity (Wildman–Crippen MR) is 83.0 cm³/mol. The molecule has 2 aliphatic rings. The monoisotopic (exact) mass is 290 g/mol. The van der Waals surface area contributed by atoms with Crippen molar-refractivity contribution in [3.63, 3.8) is 0 Å². The lowest BCUT2D eigenvalue weighted by atomic mass is 9.78. The van der Waals surface area contributed by atoms with Crippen LogP contribution in [0.5, 0.6) is 0 Å². The summed E-state index contributed by atoms with van der Waals surface area (Å²) in [6.07, 6.45) is 9.86. The van der Waals surface area contributed by atoms with E-state index < -0.39 is 0 Å².